The Morgan fingerprint density at radius 3 is 2.80 bits per heavy atom. The van der Waals surface area contributed by atoms with Crippen molar-refractivity contribution in [3.8, 4) is 11.3 Å². The number of Topliss-reactive ketones (excluding diaryl/α,β-unsaturated/α-hetero) is 1. The number of rotatable bonds is 6. The van der Waals surface area contributed by atoms with Crippen LogP contribution in [0.1, 0.15) is 55.3 Å². The van der Waals surface area contributed by atoms with E-state index in [4.69, 9.17) is 0 Å². The van der Waals surface area contributed by atoms with Crippen LogP contribution in [0.15, 0.2) is 30.5 Å². The zero-order valence-electron chi connectivity index (χ0n) is 15.3. The van der Waals surface area contributed by atoms with Crippen molar-refractivity contribution in [2.45, 2.75) is 44.4 Å². The summed E-state index contributed by atoms with van der Waals surface area (Å²) in [7, 11) is 0. The van der Waals surface area contributed by atoms with Crippen LogP contribution in [0.2, 0.25) is 0 Å². The van der Waals surface area contributed by atoms with E-state index in [-0.39, 0.29) is 5.78 Å². The first-order chi connectivity index (χ1) is 12.1. The van der Waals surface area contributed by atoms with E-state index in [2.05, 4.69) is 28.0 Å². The summed E-state index contributed by atoms with van der Waals surface area (Å²) in [4.78, 5) is 22.2. The summed E-state index contributed by atoms with van der Waals surface area (Å²) in [5.74, 6) is 1.16. The van der Waals surface area contributed by atoms with Gasteiger partial charge in [-0.2, -0.15) is 11.8 Å². The minimum Gasteiger partial charge on any atom is -0.341 e. The second-order valence-electron chi connectivity index (χ2n) is 6.87. The molecule has 3 rings (SSSR count). The highest BCUT2D eigenvalue weighted by atomic mass is 32.2. The second kappa shape index (κ2) is 8.19. The number of piperidine rings is 1. The van der Waals surface area contributed by atoms with Gasteiger partial charge in [0.25, 0.3) is 0 Å². The van der Waals surface area contributed by atoms with Gasteiger partial charge in [-0.15, -0.1) is 0 Å². The number of imidazole rings is 1. The van der Waals surface area contributed by atoms with Crippen LogP contribution in [0, 0.1) is 0 Å². The average Bonchev–Trinajstić information content (AvgIpc) is 3.12. The van der Waals surface area contributed by atoms with Crippen molar-refractivity contribution < 1.29 is 4.79 Å². The molecule has 0 spiro atoms. The molecule has 5 heteroatoms. The summed E-state index contributed by atoms with van der Waals surface area (Å²) in [6.07, 6.45) is 7.80. The van der Waals surface area contributed by atoms with Crippen molar-refractivity contribution in [3.05, 3.63) is 41.9 Å². The van der Waals surface area contributed by atoms with E-state index in [1.807, 2.05) is 42.2 Å². The SMILES string of the molecule is CSC(C)CN1CCCCC1c1ncc(-c2ccc(C(C)=O)cc2)[nH]1. The number of ketones is 1. The van der Waals surface area contributed by atoms with Crippen molar-refractivity contribution >= 4 is 17.5 Å². The van der Waals surface area contributed by atoms with Crippen molar-refractivity contribution in [1.82, 2.24) is 14.9 Å². The predicted octanol–water partition coefficient (Wildman–Crippen LogP) is 4.56. The van der Waals surface area contributed by atoms with Gasteiger partial charge in [0, 0.05) is 17.4 Å². The van der Waals surface area contributed by atoms with Crippen LogP contribution in [-0.2, 0) is 0 Å². The smallest absolute Gasteiger partial charge is 0.159 e. The molecule has 0 radical (unpaired) electrons. The Kier molecular flexibility index (Phi) is 5.97. The van der Waals surface area contributed by atoms with Gasteiger partial charge in [0.05, 0.1) is 17.9 Å². The molecule has 2 heterocycles. The number of carbonyl (C=O) groups is 1. The first-order valence-corrected chi connectivity index (χ1v) is 10.3. The number of hydrogen-bond donors (Lipinski definition) is 1. The molecule has 134 valence electrons. The normalized spacial score (nSPS) is 19.7. The van der Waals surface area contributed by atoms with Gasteiger partial charge in [-0.3, -0.25) is 9.69 Å². The Hall–Kier alpha value is -1.59. The van der Waals surface area contributed by atoms with Crippen molar-refractivity contribution in [3.63, 3.8) is 0 Å². The molecule has 0 saturated carbocycles. The van der Waals surface area contributed by atoms with Gasteiger partial charge in [-0.25, -0.2) is 4.98 Å². The Bertz CT molecular complexity index is 710. The van der Waals surface area contributed by atoms with E-state index in [0.29, 0.717) is 11.3 Å². The molecule has 0 bridgehead atoms. The van der Waals surface area contributed by atoms with Gasteiger partial charge in [0.2, 0.25) is 0 Å². The Balaban J connectivity index is 1.78. The van der Waals surface area contributed by atoms with E-state index >= 15 is 0 Å². The molecule has 1 N–H and O–H groups in total. The third-order valence-electron chi connectivity index (χ3n) is 5.02. The Morgan fingerprint density at radius 1 is 1.36 bits per heavy atom. The van der Waals surface area contributed by atoms with Gasteiger partial charge in [0.1, 0.15) is 5.82 Å². The summed E-state index contributed by atoms with van der Waals surface area (Å²) in [5, 5.41) is 0.633. The fourth-order valence-corrected chi connectivity index (χ4v) is 3.80. The molecule has 1 aromatic heterocycles. The highest BCUT2D eigenvalue weighted by molar-refractivity contribution is 7.99. The van der Waals surface area contributed by atoms with Gasteiger partial charge < -0.3 is 4.98 Å². The third kappa shape index (κ3) is 4.33. The lowest BCUT2D eigenvalue weighted by atomic mass is 10.0. The molecule has 1 fully saturated rings. The van der Waals surface area contributed by atoms with E-state index in [9.17, 15) is 4.79 Å². The summed E-state index contributed by atoms with van der Waals surface area (Å²) in [5.41, 5.74) is 2.84. The fraction of sp³-hybridized carbons (Fsp3) is 0.500. The maximum atomic E-state index is 11.4. The maximum absolute atomic E-state index is 11.4. The van der Waals surface area contributed by atoms with E-state index in [1.54, 1.807) is 6.92 Å². The highest BCUT2D eigenvalue weighted by Gasteiger charge is 2.27. The zero-order chi connectivity index (χ0) is 17.8. The van der Waals surface area contributed by atoms with Crippen LogP contribution in [0.3, 0.4) is 0 Å². The largest absolute Gasteiger partial charge is 0.341 e. The number of nitrogens with one attached hydrogen (secondary N) is 1. The number of carbonyl (C=O) groups excluding carboxylic acids is 1. The van der Waals surface area contributed by atoms with Crippen LogP contribution < -0.4 is 0 Å². The maximum Gasteiger partial charge on any atom is 0.159 e. The molecular weight excluding hydrogens is 330 g/mol. The lowest BCUT2D eigenvalue weighted by Crippen LogP contribution is -2.37. The average molecular weight is 358 g/mol. The fourth-order valence-electron chi connectivity index (χ4n) is 3.46. The number of thioether (sulfide) groups is 1. The van der Waals surface area contributed by atoms with Gasteiger partial charge >= 0.3 is 0 Å². The number of aromatic nitrogens is 2. The van der Waals surface area contributed by atoms with E-state index in [1.165, 1.54) is 12.8 Å². The van der Waals surface area contributed by atoms with E-state index < -0.39 is 0 Å². The van der Waals surface area contributed by atoms with Crippen LogP contribution in [-0.4, -0.2) is 45.2 Å². The first-order valence-electron chi connectivity index (χ1n) is 9.01. The predicted molar refractivity (Wildman–Crippen MR) is 105 cm³/mol. The number of aromatic amines is 1. The molecule has 0 amide bonds. The molecule has 2 atom stereocenters. The molecule has 1 aromatic carbocycles. The van der Waals surface area contributed by atoms with Gasteiger partial charge in [-0.05, 0) is 38.1 Å². The number of benzene rings is 1. The molecule has 4 nitrogen and oxygen atoms in total. The van der Waals surface area contributed by atoms with Crippen molar-refractivity contribution in [1.29, 1.82) is 0 Å². The van der Waals surface area contributed by atoms with Crippen LogP contribution in [0.4, 0.5) is 0 Å². The molecule has 1 aliphatic rings. The highest BCUT2D eigenvalue weighted by Crippen LogP contribution is 2.31. The van der Waals surface area contributed by atoms with Gasteiger partial charge in [0.15, 0.2) is 5.78 Å². The van der Waals surface area contributed by atoms with E-state index in [0.717, 1.165) is 42.2 Å². The van der Waals surface area contributed by atoms with Crippen LogP contribution >= 0.6 is 11.8 Å². The molecule has 1 aliphatic heterocycles. The van der Waals surface area contributed by atoms with Crippen molar-refractivity contribution in [2.24, 2.45) is 0 Å². The monoisotopic (exact) mass is 357 g/mol. The minimum atomic E-state index is 0.0950. The third-order valence-corrected chi connectivity index (χ3v) is 5.97. The number of hydrogen-bond acceptors (Lipinski definition) is 4. The van der Waals surface area contributed by atoms with Crippen molar-refractivity contribution in [2.75, 3.05) is 19.3 Å². The molecule has 0 aliphatic carbocycles. The molecular formula is C20H27N3OS. The Labute approximate surface area is 154 Å². The number of nitrogens with zero attached hydrogens (tertiary/aromatic N) is 2. The minimum absolute atomic E-state index is 0.0950. The quantitative estimate of drug-likeness (QED) is 0.770. The van der Waals surface area contributed by atoms with Crippen LogP contribution in [0.5, 0.6) is 0 Å². The first kappa shape index (κ1) is 18.2. The molecule has 25 heavy (non-hydrogen) atoms. The lowest BCUT2D eigenvalue weighted by molar-refractivity contribution is 0.101. The molecule has 2 aromatic rings. The summed E-state index contributed by atoms with van der Waals surface area (Å²) < 4.78 is 0. The topological polar surface area (TPSA) is 49.0 Å². The summed E-state index contributed by atoms with van der Waals surface area (Å²) in [6, 6.07) is 8.12. The van der Waals surface area contributed by atoms with Crippen LogP contribution in [0.25, 0.3) is 11.3 Å². The summed E-state index contributed by atoms with van der Waals surface area (Å²) in [6.45, 7) is 6.14. The second-order valence-corrected chi connectivity index (χ2v) is 8.14. The van der Waals surface area contributed by atoms with Gasteiger partial charge in [-0.1, -0.05) is 37.6 Å². The number of likely N-dealkylation sites (tertiary alicyclic amines) is 1. The Morgan fingerprint density at radius 2 is 2.12 bits per heavy atom. The molecule has 1 saturated heterocycles. The zero-order valence-corrected chi connectivity index (χ0v) is 16.1. The standard InChI is InChI=1S/C20H27N3OS/c1-14(25-3)13-23-11-5-4-6-19(23)20-21-12-18(22-20)17-9-7-16(8-10-17)15(2)24/h7-10,12,14,19H,4-6,11,13H2,1-3H3,(H,21,22). The lowest BCUT2D eigenvalue weighted by Gasteiger charge is -2.35. The summed E-state index contributed by atoms with van der Waals surface area (Å²) >= 11 is 1.92. The molecule has 2 unspecified atom stereocenters. The number of H-pyrrole nitrogens is 1.